The Morgan fingerprint density at radius 3 is 2.71 bits per heavy atom. The van der Waals surface area contributed by atoms with E-state index in [9.17, 15) is 18.0 Å². The monoisotopic (exact) mass is 320 g/mol. The van der Waals surface area contributed by atoms with Crippen molar-refractivity contribution in [2.45, 2.75) is 6.18 Å². The molecule has 4 nitrogen and oxygen atoms in total. The lowest BCUT2D eigenvalue weighted by Crippen LogP contribution is -2.11. The molecule has 0 saturated heterocycles. The van der Waals surface area contributed by atoms with E-state index in [1.165, 1.54) is 0 Å². The summed E-state index contributed by atoms with van der Waals surface area (Å²) in [5.74, 6) is -0.755. The summed E-state index contributed by atoms with van der Waals surface area (Å²) >= 11 is 1.77. The Kier molecular flexibility index (Phi) is 3.34. The molecule has 1 N–H and O–H groups in total. The number of rotatable bonds is 2. The zero-order chi connectivity index (χ0) is 10.8. The van der Waals surface area contributed by atoms with Gasteiger partial charge < -0.3 is 4.52 Å². The molecule has 14 heavy (non-hydrogen) atoms. The first-order valence-electron chi connectivity index (χ1n) is 3.33. The molecule has 8 heteroatoms. The summed E-state index contributed by atoms with van der Waals surface area (Å²) in [4.78, 5) is 10.8. The Balaban J connectivity index is 2.74. The van der Waals surface area contributed by atoms with Gasteiger partial charge in [0.25, 0.3) is 0 Å². The van der Waals surface area contributed by atoms with Crippen molar-refractivity contribution < 1.29 is 22.5 Å². The SMILES string of the molecule is O=C(CI)Nc1cc(C(F)(F)F)no1. The van der Waals surface area contributed by atoms with Gasteiger partial charge in [-0.25, -0.2) is 0 Å². The molecule has 0 bridgehead atoms. The van der Waals surface area contributed by atoms with Gasteiger partial charge in [0.1, 0.15) is 0 Å². The van der Waals surface area contributed by atoms with E-state index in [0.717, 1.165) is 0 Å². The summed E-state index contributed by atoms with van der Waals surface area (Å²) in [6, 6.07) is 0.629. The number of anilines is 1. The predicted molar refractivity (Wildman–Crippen MR) is 49.0 cm³/mol. The summed E-state index contributed by atoms with van der Waals surface area (Å²) in [7, 11) is 0. The van der Waals surface area contributed by atoms with Crippen molar-refractivity contribution in [1.29, 1.82) is 0 Å². The molecular weight excluding hydrogens is 316 g/mol. The van der Waals surface area contributed by atoms with E-state index in [1.54, 1.807) is 22.6 Å². The van der Waals surface area contributed by atoms with Crippen molar-refractivity contribution in [2.75, 3.05) is 9.74 Å². The van der Waals surface area contributed by atoms with Crippen LogP contribution in [-0.2, 0) is 11.0 Å². The molecule has 0 aliphatic heterocycles. The molecule has 0 spiro atoms. The van der Waals surface area contributed by atoms with Gasteiger partial charge >= 0.3 is 6.18 Å². The lowest BCUT2D eigenvalue weighted by Gasteiger charge is -1.97. The molecule has 78 valence electrons. The second kappa shape index (κ2) is 4.15. The van der Waals surface area contributed by atoms with E-state index in [2.05, 4.69) is 15.0 Å². The van der Waals surface area contributed by atoms with Crippen LogP contribution in [-0.4, -0.2) is 15.5 Å². The van der Waals surface area contributed by atoms with Crippen LogP contribution in [0.5, 0.6) is 0 Å². The number of nitrogens with one attached hydrogen (secondary N) is 1. The Morgan fingerprint density at radius 2 is 2.29 bits per heavy atom. The number of hydrogen-bond acceptors (Lipinski definition) is 3. The standard InChI is InChI=1S/C6H4F3IN2O2/c7-6(8,9)3-1-5(14-12-3)11-4(13)2-10/h1H,2H2,(H,11,13). The first-order valence-corrected chi connectivity index (χ1v) is 4.86. The summed E-state index contributed by atoms with van der Waals surface area (Å²) in [6.45, 7) is 0. The van der Waals surface area contributed by atoms with Crippen LogP contribution in [0.1, 0.15) is 5.69 Å². The number of hydrogen-bond donors (Lipinski definition) is 1. The molecule has 0 saturated carbocycles. The van der Waals surface area contributed by atoms with Crippen LogP contribution < -0.4 is 5.32 Å². The first kappa shape index (κ1) is 11.3. The summed E-state index contributed by atoms with van der Waals surface area (Å²) in [5, 5.41) is 4.87. The highest BCUT2D eigenvalue weighted by atomic mass is 127. The molecule has 1 aromatic rings. The van der Waals surface area contributed by atoms with E-state index in [1.807, 2.05) is 0 Å². The average Bonchev–Trinajstić information content (AvgIpc) is 2.51. The van der Waals surface area contributed by atoms with E-state index in [0.29, 0.717) is 6.07 Å². The Bertz CT molecular complexity index is 336. The van der Waals surface area contributed by atoms with Crippen molar-refractivity contribution in [3.8, 4) is 0 Å². The van der Waals surface area contributed by atoms with E-state index in [4.69, 9.17) is 0 Å². The smallest absolute Gasteiger partial charge is 0.338 e. The number of carbonyl (C=O) groups excluding carboxylic acids is 1. The third-order valence-electron chi connectivity index (χ3n) is 1.18. The molecule has 0 aliphatic carbocycles. The highest BCUT2D eigenvalue weighted by Crippen LogP contribution is 2.29. The number of aromatic nitrogens is 1. The fourth-order valence-electron chi connectivity index (χ4n) is 0.639. The number of amides is 1. The second-order valence-corrected chi connectivity index (χ2v) is 3.02. The van der Waals surface area contributed by atoms with Gasteiger partial charge in [0.05, 0.1) is 4.43 Å². The van der Waals surface area contributed by atoms with Gasteiger partial charge in [-0.1, -0.05) is 27.7 Å². The van der Waals surface area contributed by atoms with Crippen molar-refractivity contribution in [2.24, 2.45) is 0 Å². The zero-order valence-corrected chi connectivity index (χ0v) is 8.72. The largest absolute Gasteiger partial charge is 0.436 e. The van der Waals surface area contributed by atoms with Gasteiger partial charge in [0.15, 0.2) is 5.69 Å². The molecule has 0 unspecified atom stereocenters. The molecule has 0 atom stereocenters. The fraction of sp³-hybridized carbons (Fsp3) is 0.333. The van der Waals surface area contributed by atoms with Gasteiger partial charge in [-0.15, -0.1) is 0 Å². The Morgan fingerprint density at radius 1 is 1.64 bits per heavy atom. The number of alkyl halides is 4. The zero-order valence-electron chi connectivity index (χ0n) is 6.56. The van der Waals surface area contributed by atoms with Gasteiger partial charge in [-0.05, 0) is 0 Å². The third-order valence-corrected chi connectivity index (χ3v) is 1.88. The van der Waals surface area contributed by atoms with Crippen LogP contribution in [0.25, 0.3) is 0 Å². The number of carbonyl (C=O) groups is 1. The van der Waals surface area contributed by atoms with Gasteiger partial charge in [-0.2, -0.15) is 13.2 Å². The van der Waals surface area contributed by atoms with Gasteiger partial charge in [-0.3, -0.25) is 10.1 Å². The Hall–Kier alpha value is -0.800. The molecule has 0 radical (unpaired) electrons. The van der Waals surface area contributed by atoms with Gasteiger partial charge in [0.2, 0.25) is 11.8 Å². The van der Waals surface area contributed by atoms with E-state index < -0.39 is 17.8 Å². The van der Waals surface area contributed by atoms with Crippen molar-refractivity contribution >= 4 is 34.4 Å². The molecule has 1 heterocycles. The predicted octanol–water partition coefficient (Wildman–Crippen LogP) is 2.07. The third kappa shape index (κ3) is 2.86. The normalized spacial score (nSPS) is 11.4. The molecule has 1 aromatic heterocycles. The minimum Gasteiger partial charge on any atom is -0.338 e. The highest BCUT2D eigenvalue weighted by molar-refractivity contribution is 14.1. The minimum atomic E-state index is -4.56. The fourth-order valence-corrected chi connectivity index (χ4v) is 0.829. The summed E-state index contributed by atoms with van der Waals surface area (Å²) < 4.78 is 40.3. The van der Waals surface area contributed by atoms with Crippen LogP contribution in [0, 0.1) is 0 Å². The van der Waals surface area contributed by atoms with Crippen LogP contribution >= 0.6 is 22.6 Å². The van der Waals surface area contributed by atoms with Gasteiger partial charge in [0, 0.05) is 6.07 Å². The highest BCUT2D eigenvalue weighted by Gasteiger charge is 2.35. The lowest BCUT2D eigenvalue weighted by atomic mass is 10.4. The Labute approximate surface area is 90.0 Å². The molecule has 1 amide bonds. The number of halogens is 4. The van der Waals surface area contributed by atoms with Crippen molar-refractivity contribution in [3.63, 3.8) is 0 Å². The van der Waals surface area contributed by atoms with Crippen LogP contribution in [0.2, 0.25) is 0 Å². The topological polar surface area (TPSA) is 55.1 Å². The molecule has 1 rings (SSSR count). The lowest BCUT2D eigenvalue weighted by molar-refractivity contribution is -0.142. The maximum absolute atomic E-state index is 12.0. The quantitative estimate of drug-likeness (QED) is 0.670. The average molecular weight is 320 g/mol. The molecular formula is C6H4F3IN2O2. The minimum absolute atomic E-state index is 0.125. The maximum atomic E-state index is 12.0. The number of nitrogens with zero attached hydrogens (tertiary/aromatic N) is 1. The van der Waals surface area contributed by atoms with E-state index in [-0.39, 0.29) is 10.3 Å². The van der Waals surface area contributed by atoms with Crippen molar-refractivity contribution in [3.05, 3.63) is 11.8 Å². The second-order valence-electron chi connectivity index (χ2n) is 2.26. The van der Waals surface area contributed by atoms with Crippen LogP contribution in [0.3, 0.4) is 0 Å². The van der Waals surface area contributed by atoms with E-state index >= 15 is 0 Å². The summed E-state index contributed by atoms with van der Waals surface area (Å²) in [5.41, 5.74) is -1.17. The first-order chi connectivity index (χ1) is 6.43. The van der Waals surface area contributed by atoms with Crippen LogP contribution in [0.15, 0.2) is 10.6 Å². The van der Waals surface area contributed by atoms with Crippen LogP contribution in [0.4, 0.5) is 19.1 Å². The molecule has 0 aromatic carbocycles. The summed E-state index contributed by atoms with van der Waals surface area (Å²) in [6.07, 6.45) is -4.56. The molecule has 0 fully saturated rings. The molecule has 0 aliphatic rings. The maximum Gasteiger partial charge on any atom is 0.436 e. The van der Waals surface area contributed by atoms with Crippen molar-refractivity contribution in [1.82, 2.24) is 5.16 Å².